The maximum Gasteiger partial charge on any atom is 0.0540 e. The van der Waals surface area contributed by atoms with E-state index in [1.807, 2.05) is 0 Å². The topological polar surface area (TPSA) is 0 Å². The zero-order valence-electron chi connectivity index (χ0n) is 27.3. The van der Waals surface area contributed by atoms with Crippen LogP contribution in [0, 0.1) is 0 Å². The van der Waals surface area contributed by atoms with E-state index in [-0.39, 0.29) is 0 Å². The van der Waals surface area contributed by atoms with Crippen molar-refractivity contribution in [3.63, 3.8) is 0 Å². The fourth-order valence-corrected chi connectivity index (χ4v) is 13.4. The van der Waals surface area contributed by atoms with Gasteiger partial charge in [-0.1, -0.05) is 158 Å². The van der Waals surface area contributed by atoms with Crippen LogP contribution in [0.5, 0.6) is 0 Å². The van der Waals surface area contributed by atoms with Crippen LogP contribution in [-0.2, 0) is 25.7 Å². The van der Waals surface area contributed by atoms with Crippen LogP contribution in [0.15, 0.2) is 146 Å². The van der Waals surface area contributed by atoms with Crippen molar-refractivity contribution in [2.75, 3.05) is 0 Å². The van der Waals surface area contributed by atoms with E-state index in [0.717, 1.165) is 30.5 Å². The fourth-order valence-electron chi connectivity index (χ4n) is 7.80. The molecular weight excluding hydrogens is 635 g/mol. The predicted molar refractivity (Wildman–Crippen MR) is 214 cm³/mol. The quantitative estimate of drug-likeness (QED) is 0.0885. The molecule has 2 aliphatic rings. The van der Waals surface area contributed by atoms with Crippen LogP contribution in [0.2, 0.25) is 0 Å². The Hall–Kier alpha value is -3.73. The van der Waals surface area contributed by atoms with Gasteiger partial charge in [0.05, 0.1) is 4.86 Å². The van der Waals surface area contributed by atoms with Crippen LogP contribution >= 0.6 is 28.1 Å². The molecule has 3 heteroatoms. The van der Waals surface area contributed by atoms with Crippen molar-refractivity contribution < 1.29 is 0 Å². The Morgan fingerprint density at radius 2 is 0.688 bits per heavy atom. The number of hydrogen-bond acceptors (Lipinski definition) is 1. The van der Waals surface area contributed by atoms with Crippen LogP contribution in [0.25, 0.3) is 0 Å². The highest BCUT2D eigenvalue weighted by Gasteiger charge is 2.31. The summed E-state index contributed by atoms with van der Waals surface area (Å²) in [6, 6.07) is 54.5. The van der Waals surface area contributed by atoms with Gasteiger partial charge in [-0.05, 0) is 121 Å². The lowest BCUT2D eigenvalue weighted by atomic mass is 9.82. The lowest BCUT2D eigenvalue weighted by Crippen LogP contribution is -2.32. The van der Waals surface area contributed by atoms with Gasteiger partial charge in [0.1, 0.15) is 0 Å². The first-order valence-corrected chi connectivity index (χ1v) is 20.5. The average Bonchev–Trinajstić information content (AvgIpc) is 3.16. The third kappa shape index (κ3) is 6.14. The summed E-state index contributed by atoms with van der Waals surface area (Å²) in [5.41, 5.74) is 8.73. The van der Waals surface area contributed by atoms with Crippen molar-refractivity contribution >= 4 is 64.8 Å². The lowest BCUT2D eigenvalue weighted by molar-refractivity contribution is 0.684. The van der Waals surface area contributed by atoms with Crippen molar-refractivity contribution in [1.29, 1.82) is 0 Å². The Labute approximate surface area is 293 Å². The Morgan fingerprint density at radius 3 is 1.02 bits per heavy atom. The highest BCUT2D eigenvalue weighted by atomic mass is 32.1. The Morgan fingerprint density at radius 1 is 0.375 bits per heavy atom. The maximum absolute atomic E-state index is 6.99. The van der Waals surface area contributed by atoms with E-state index in [1.165, 1.54) is 90.9 Å². The second kappa shape index (κ2) is 14.4. The summed E-state index contributed by atoms with van der Waals surface area (Å²) in [6.45, 7) is 0. The summed E-state index contributed by atoms with van der Waals surface area (Å²) in [5.74, 6) is 0. The van der Waals surface area contributed by atoms with Crippen LogP contribution in [0.1, 0.15) is 59.1 Å². The van der Waals surface area contributed by atoms with Gasteiger partial charge in [-0.15, -0.1) is 0 Å². The van der Waals surface area contributed by atoms with Crippen LogP contribution < -0.4 is 31.8 Å². The molecule has 0 aromatic heterocycles. The van der Waals surface area contributed by atoms with Crippen molar-refractivity contribution in [2.24, 2.45) is 0 Å². The summed E-state index contributed by atoms with van der Waals surface area (Å²) in [4.78, 5) is 1.08. The van der Waals surface area contributed by atoms with Crippen LogP contribution in [0.3, 0.4) is 0 Å². The van der Waals surface area contributed by atoms with Gasteiger partial charge in [0, 0.05) is 11.1 Å². The minimum absolute atomic E-state index is 0.811. The summed E-state index contributed by atoms with van der Waals surface area (Å²) in [7, 11) is -1.62. The van der Waals surface area contributed by atoms with Gasteiger partial charge in [0.25, 0.3) is 0 Å². The summed E-state index contributed by atoms with van der Waals surface area (Å²) < 4.78 is 0. The highest BCUT2D eigenvalue weighted by molar-refractivity contribution is 7.83. The average molecular weight is 675 g/mol. The van der Waals surface area contributed by atoms with Gasteiger partial charge in [-0.3, -0.25) is 0 Å². The molecule has 236 valence electrons. The molecule has 6 aromatic carbocycles. The lowest BCUT2D eigenvalue weighted by Gasteiger charge is -2.31. The van der Waals surface area contributed by atoms with Crippen LogP contribution in [0.4, 0.5) is 0 Å². The molecule has 8 rings (SSSR count). The van der Waals surface area contributed by atoms with Crippen molar-refractivity contribution in [1.82, 2.24) is 0 Å². The van der Waals surface area contributed by atoms with Gasteiger partial charge >= 0.3 is 0 Å². The maximum atomic E-state index is 6.99. The van der Waals surface area contributed by atoms with Gasteiger partial charge in [-0.25, -0.2) is 0 Å². The Balaban J connectivity index is 1.41. The van der Waals surface area contributed by atoms with Gasteiger partial charge in [0.2, 0.25) is 0 Å². The number of fused-ring (bicyclic) bond motifs is 2. The second-order valence-corrected chi connectivity index (χ2v) is 17.7. The van der Waals surface area contributed by atoms with Crippen molar-refractivity contribution in [3.8, 4) is 0 Å². The normalized spacial score (nSPS) is 14.0. The summed E-state index contributed by atoms with van der Waals surface area (Å²) in [6.07, 6.45) is 9.43. The molecule has 0 N–H and O–H groups in total. The number of thiocarbonyl (C=S) groups is 1. The van der Waals surface area contributed by atoms with E-state index in [2.05, 4.69) is 146 Å². The number of aryl methyl sites for hydroxylation is 2. The zero-order chi connectivity index (χ0) is 32.3. The molecule has 0 radical (unpaired) electrons. The van der Waals surface area contributed by atoms with Gasteiger partial charge < -0.3 is 0 Å². The highest BCUT2D eigenvalue weighted by Crippen LogP contribution is 2.41. The van der Waals surface area contributed by atoms with Crippen LogP contribution in [-0.4, -0.2) is 4.86 Å². The van der Waals surface area contributed by atoms with E-state index in [0.29, 0.717) is 0 Å². The molecule has 0 fully saturated rings. The first kappa shape index (κ1) is 31.5. The number of benzene rings is 6. The monoisotopic (exact) mass is 674 g/mol. The third-order valence-corrected chi connectivity index (χ3v) is 15.4. The largest absolute Gasteiger partial charge is 0.0787 e. The molecule has 0 aliphatic heterocycles. The molecule has 2 aliphatic carbocycles. The van der Waals surface area contributed by atoms with Gasteiger partial charge in [0.15, 0.2) is 0 Å². The molecule has 0 nitrogen and oxygen atoms in total. The number of rotatable bonds is 8. The smallest absolute Gasteiger partial charge is 0.0540 e. The third-order valence-electron chi connectivity index (χ3n) is 10.0. The van der Waals surface area contributed by atoms with E-state index >= 15 is 0 Å². The van der Waals surface area contributed by atoms with E-state index in [1.54, 1.807) is 0 Å². The van der Waals surface area contributed by atoms with Crippen molar-refractivity contribution in [3.05, 3.63) is 179 Å². The second-order valence-electron chi connectivity index (χ2n) is 13.0. The summed E-state index contributed by atoms with van der Waals surface area (Å²) in [5, 5.41) is 8.34. The predicted octanol–water partition coefficient (Wildman–Crippen LogP) is 8.73. The molecule has 0 heterocycles. The zero-order valence-corrected chi connectivity index (χ0v) is 29.9. The Bertz CT molecular complexity index is 1810. The van der Waals surface area contributed by atoms with Gasteiger partial charge in [-0.2, -0.15) is 0 Å². The molecule has 0 saturated carbocycles. The standard InChI is InChI=1S/C45H40P2S/c48-45(43-39-27-15-13-17-33(39)29-31-41(43)46(35-19-5-1-6-20-35)36-21-7-2-8-22-36)44-40-28-16-14-18-34(40)30-32-42(44)47(37-23-9-3-10-24-37)38-25-11-4-12-26-38/h1-12,19-26,29-32H,13-18,27-28H2. The molecule has 0 atom stereocenters. The van der Waals surface area contributed by atoms with E-state index in [9.17, 15) is 0 Å². The molecular formula is C45H40P2S. The molecule has 0 bridgehead atoms. The minimum atomic E-state index is -0.811. The molecule has 0 amide bonds. The molecule has 0 spiro atoms. The van der Waals surface area contributed by atoms with E-state index < -0.39 is 15.8 Å². The van der Waals surface area contributed by atoms with E-state index in [4.69, 9.17) is 12.2 Å². The molecule has 6 aromatic rings. The molecule has 0 unspecified atom stereocenters. The molecule has 48 heavy (non-hydrogen) atoms. The Kier molecular flexibility index (Phi) is 9.46. The number of hydrogen-bond donors (Lipinski definition) is 0. The SMILES string of the molecule is S=C(c1c(P(c2ccccc2)c2ccccc2)ccc2c1CCCC2)c1c(P(c2ccccc2)c2ccccc2)ccc2c1CCCC2. The fraction of sp³-hybridized carbons (Fsp3) is 0.178. The first-order chi connectivity index (χ1) is 23.8. The molecule has 0 saturated heterocycles. The van der Waals surface area contributed by atoms with Crippen molar-refractivity contribution in [2.45, 2.75) is 51.4 Å². The first-order valence-electron chi connectivity index (χ1n) is 17.4. The summed E-state index contributed by atoms with van der Waals surface area (Å²) >= 11 is 6.99. The minimum Gasteiger partial charge on any atom is -0.0787 e.